The van der Waals surface area contributed by atoms with E-state index >= 15 is 0 Å². The molecule has 1 saturated heterocycles. The minimum absolute atomic E-state index is 0.325. The standard InChI is InChI=1S/C15H17N5O3S2/c1-10-18-19-14(25-10)24-9-6-16-13(21)17-11-4-2-3-5-12(11)20-7-8-23-15(20)22/h2-5H,6-9H2,1H3,(H2,16,17,21). The van der Waals surface area contributed by atoms with Gasteiger partial charge in [0.2, 0.25) is 0 Å². The topological polar surface area (TPSA) is 96.4 Å². The van der Waals surface area contributed by atoms with Crippen molar-refractivity contribution in [2.75, 3.05) is 35.7 Å². The van der Waals surface area contributed by atoms with Gasteiger partial charge in [-0.2, -0.15) is 0 Å². The van der Waals surface area contributed by atoms with E-state index in [1.54, 1.807) is 30.0 Å². The minimum atomic E-state index is -0.404. The fraction of sp³-hybridized carbons (Fsp3) is 0.333. The predicted octanol–water partition coefficient (Wildman–Crippen LogP) is 2.72. The van der Waals surface area contributed by atoms with Crippen molar-refractivity contribution in [1.82, 2.24) is 15.5 Å². The number of nitrogens with one attached hydrogen (secondary N) is 2. The number of aryl methyl sites for hydroxylation is 1. The van der Waals surface area contributed by atoms with Crippen molar-refractivity contribution in [3.8, 4) is 0 Å². The normalized spacial score (nSPS) is 13.6. The van der Waals surface area contributed by atoms with Gasteiger partial charge in [-0.05, 0) is 19.1 Å². The molecule has 2 heterocycles. The highest BCUT2D eigenvalue weighted by Crippen LogP contribution is 2.27. The van der Waals surface area contributed by atoms with Crippen LogP contribution in [0.4, 0.5) is 21.0 Å². The van der Waals surface area contributed by atoms with Crippen LogP contribution >= 0.6 is 23.1 Å². The number of nitrogens with zero attached hydrogens (tertiary/aromatic N) is 3. The van der Waals surface area contributed by atoms with Crippen molar-refractivity contribution < 1.29 is 14.3 Å². The van der Waals surface area contributed by atoms with Gasteiger partial charge in [-0.3, -0.25) is 4.90 Å². The Morgan fingerprint density at radius 2 is 2.24 bits per heavy atom. The highest BCUT2D eigenvalue weighted by atomic mass is 32.2. The third-order valence-electron chi connectivity index (χ3n) is 3.32. The number of carbonyl (C=O) groups excluding carboxylic acids is 2. The molecule has 3 amide bonds. The number of hydrogen-bond acceptors (Lipinski definition) is 7. The number of aromatic nitrogens is 2. The number of ether oxygens (including phenoxy) is 1. The maximum Gasteiger partial charge on any atom is 0.414 e. The number of cyclic esters (lactones) is 1. The number of urea groups is 1. The first kappa shape index (κ1) is 17.5. The van der Waals surface area contributed by atoms with Crippen LogP contribution in [0.3, 0.4) is 0 Å². The molecule has 2 aromatic rings. The van der Waals surface area contributed by atoms with Gasteiger partial charge in [-0.1, -0.05) is 35.2 Å². The SMILES string of the molecule is Cc1nnc(SCCNC(=O)Nc2ccccc2N2CCOC2=O)s1. The van der Waals surface area contributed by atoms with E-state index < -0.39 is 6.09 Å². The van der Waals surface area contributed by atoms with E-state index in [1.807, 2.05) is 13.0 Å². The van der Waals surface area contributed by atoms with Crippen molar-refractivity contribution in [2.45, 2.75) is 11.3 Å². The third kappa shape index (κ3) is 4.60. The molecule has 0 bridgehead atoms. The van der Waals surface area contributed by atoms with Gasteiger partial charge in [-0.15, -0.1) is 10.2 Å². The summed E-state index contributed by atoms with van der Waals surface area (Å²) in [6, 6.07) is 6.81. The van der Waals surface area contributed by atoms with E-state index in [0.29, 0.717) is 36.8 Å². The number of para-hydroxylation sites is 2. The van der Waals surface area contributed by atoms with Gasteiger partial charge in [0.15, 0.2) is 4.34 Å². The van der Waals surface area contributed by atoms with Crippen molar-refractivity contribution >= 4 is 46.6 Å². The van der Waals surface area contributed by atoms with E-state index in [1.165, 1.54) is 16.2 Å². The second kappa shape index (κ2) is 8.17. The highest BCUT2D eigenvalue weighted by Gasteiger charge is 2.25. The number of thioether (sulfide) groups is 1. The van der Waals surface area contributed by atoms with Gasteiger partial charge < -0.3 is 15.4 Å². The molecule has 1 aromatic heterocycles. The molecule has 0 spiro atoms. The zero-order valence-corrected chi connectivity index (χ0v) is 15.2. The third-order valence-corrected chi connectivity index (χ3v) is 5.30. The van der Waals surface area contributed by atoms with Crippen LogP contribution in [-0.2, 0) is 4.74 Å². The molecule has 0 radical (unpaired) electrons. The summed E-state index contributed by atoms with van der Waals surface area (Å²) in [7, 11) is 0. The average Bonchev–Trinajstić information content (AvgIpc) is 3.20. The molecule has 3 rings (SSSR count). The van der Waals surface area contributed by atoms with E-state index in [0.717, 1.165) is 9.35 Å². The number of amides is 3. The monoisotopic (exact) mass is 379 g/mol. The maximum absolute atomic E-state index is 12.1. The number of anilines is 2. The lowest BCUT2D eigenvalue weighted by Gasteiger charge is -2.17. The Labute approximate surface area is 153 Å². The lowest BCUT2D eigenvalue weighted by atomic mass is 10.2. The van der Waals surface area contributed by atoms with Gasteiger partial charge in [-0.25, -0.2) is 9.59 Å². The van der Waals surface area contributed by atoms with E-state index in [2.05, 4.69) is 20.8 Å². The number of rotatable bonds is 6. The molecular formula is C15H17N5O3S2. The number of carbonyl (C=O) groups is 2. The lowest BCUT2D eigenvalue weighted by molar-refractivity contribution is 0.181. The van der Waals surface area contributed by atoms with Crippen molar-refractivity contribution in [3.63, 3.8) is 0 Å². The molecule has 0 atom stereocenters. The lowest BCUT2D eigenvalue weighted by Crippen LogP contribution is -2.32. The fourth-order valence-electron chi connectivity index (χ4n) is 2.23. The molecule has 8 nitrogen and oxygen atoms in total. The van der Waals surface area contributed by atoms with Crippen LogP contribution < -0.4 is 15.5 Å². The smallest absolute Gasteiger partial charge is 0.414 e. The predicted molar refractivity (Wildman–Crippen MR) is 97.5 cm³/mol. The summed E-state index contributed by atoms with van der Waals surface area (Å²) >= 11 is 3.07. The molecule has 1 aromatic carbocycles. The maximum atomic E-state index is 12.1. The van der Waals surface area contributed by atoms with E-state index in [-0.39, 0.29) is 6.03 Å². The van der Waals surface area contributed by atoms with Crippen LogP contribution in [0, 0.1) is 6.92 Å². The van der Waals surface area contributed by atoms with Crippen LogP contribution in [0.5, 0.6) is 0 Å². The summed E-state index contributed by atoms with van der Waals surface area (Å²) in [5, 5.41) is 14.4. The summed E-state index contributed by atoms with van der Waals surface area (Å²) in [6.45, 7) is 3.21. The van der Waals surface area contributed by atoms with Crippen molar-refractivity contribution in [2.24, 2.45) is 0 Å². The molecule has 25 heavy (non-hydrogen) atoms. The van der Waals surface area contributed by atoms with E-state index in [4.69, 9.17) is 4.74 Å². The zero-order chi connectivity index (χ0) is 17.6. The van der Waals surface area contributed by atoms with Crippen LogP contribution in [-0.4, -0.2) is 47.8 Å². The molecular weight excluding hydrogens is 362 g/mol. The largest absolute Gasteiger partial charge is 0.447 e. The first-order valence-electron chi connectivity index (χ1n) is 7.64. The van der Waals surface area contributed by atoms with Crippen molar-refractivity contribution in [1.29, 1.82) is 0 Å². The molecule has 1 aliphatic heterocycles. The molecule has 2 N–H and O–H groups in total. The van der Waals surface area contributed by atoms with Gasteiger partial charge in [0.25, 0.3) is 0 Å². The van der Waals surface area contributed by atoms with Gasteiger partial charge >= 0.3 is 12.1 Å². The Hall–Kier alpha value is -2.33. The van der Waals surface area contributed by atoms with Gasteiger partial charge in [0.05, 0.1) is 17.9 Å². The fourth-order valence-corrected chi connectivity index (χ4v) is 3.97. The van der Waals surface area contributed by atoms with Crippen molar-refractivity contribution in [3.05, 3.63) is 29.3 Å². The van der Waals surface area contributed by atoms with Crippen LogP contribution in [0.15, 0.2) is 28.6 Å². The Morgan fingerprint density at radius 3 is 2.96 bits per heavy atom. The number of hydrogen-bond donors (Lipinski definition) is 2. The molecule has 1 aliphatic rings. The Balaban J connectivity index is 1.50. The second-order valence-electron chi connectivity index (χ2n) is 5.10. The summed E-state index contributed by atoms with van der Waals surface area (Å²) in [5.74, 6) is 0.697. The van der Waals surface area contributed by atoms with Crippen LogP contribution in [0.25, 0.3) is 0 Å². The zero-order valence-electron chi connectivity index (χ0n) is 13.5. The molecule has 1 fully saturated rings. The summed E-state index contributed by atoms with van der Waals surface area (Å²) in [5.41, 5.74) is 1.19. The molecule has 0 unspecified atom stereocenters. The summed E-state index contributed by atoms with van der Waals surface area (Å²) < 4.78 is 5.84. The van der Waals surface area contributed by atoms with Crippen LogP contribution in [0.2, 0.25) is 0 Å². The number of benzene rings is 1. The van der Waals surface area contributed by atoms with Gasteiger partial charge in [0.1, 0.15) is 11.6 Å². The minimum Gasteiger partial charge on any atom is -0.447 e. The summed E-state index contributed by atoms with van der Waals surface area (Å²) in [4.78, 5) is 25.3. The average molecular weight is 379 g/mol. The first-order chi connectivity index (χ1) is 12.1. The van der Waals surface area contributed by atoms with E-state index in [9.17, 15) is 9.59 Å². The molecule has 0 saturated carbocycles. The quantitative estimate of drug-likeness (QED) is 0.592. The molecule has 0 aliphatic carbocycles. The molecule has 132 valence electrons. The Bertz CT molecular complexity index is 767. The van der Waals surface area contributed by atoms with Gasteiger partial charge in [0, 0.05) is 12.3 Å². The molecule has 10 heteroatoms. The summed E-state index contributed by atoms with van der Waals surface area (Å²) in [6.07, 6.45) is -0.404. The van der Waals surface area contributed by atoms with Crippen LogP contribution in [0.1, 0.15) is 5.01 Å². The Kier molecular flexibility index (Phi) is 5.71. The first-order valence-corrected chi connectivity index (χ1v) is 9.45. The highest BCUT2D eigenvalue weighted by molar-refractivity contribution is 8.01. The second-order valence-corrected chi connectivity index (χ2v) is 7.62. The Morgan fingerprint density at radius 1 is 1.40 bits per heavy atom.